The zero-order valence-corrected chi connectivity index (χ0v) is 66.4. The number of carbonyl (C=O) groups excluding carboxylic acids is 4. The topological polar surface area (TPSA) is 237 Å². The minimum atomic E-state index is -5.00. The van der Waals surface area contributed by atoms with Crippen LogP contribution in [0.25, 0.3) is 0 Å². The van der Waals surface area contributed by atoms with Gasteiger partial charge in [0, 0.05) is 25.7 Å². The van der Waals surface area contributed by atoms with Gasteiger partial charge in [-0.2, -0.15) is 0 Å². The number of carbonyl (C=O) groups is 4. The van der Waals surface area contributed by atoms with E-state index in [0.29, 0.717) is 32.1 Å². The summed E-state index contributed by atoms with van der Waals surface area (Å²) in [7, 11) is -10.00. The molecule has 0 saturated heterocycles. The highest BCUT2D eigenvalue weighted by atomic mass is 31.2. The Kier molecular flexibility index (Phi) is 72.0. The van der Waals surface area contributed by atoms with Gasteiger partial charge in [0.2, 0.25) is 0 Å². The maximum absolute atomic E-state index is 13.1. The summed E-state index contributed by atoms with van der Waals surface area (Å²) < 4.78 is 68.5. The second-order valence-electron chi connectivity index (χ2n) is 25.9. The molecule has 0 aromatic rings. The Hall–Kier alpha value is -5.32. The Bertz CT molecular complexity index is 2590. The van der Waals surface area contributed by atoms with E-state index in [4.69, 9.17) is 37.0 Å². The fourth-order valence-electron chi connectivity index (χ4n) is 10.0. The molecule has 0 bridgehead atoms. The summed E-state index contributed by atoms with van der Waals surface area (Å²) in [4.78, 5) is 73.0. The predicted octanol–water partition coefficient (Wildman–Crippen LogP) is 23.2. The second kappa shape index (κ2) is 75.9. The third kappa shape index (κ3) is 74.9. The van der Waals surface area contributed by atoms with Crippen LogP contribution in [0.15, 0.2) is 158 Å². The minimum Gasteiger partial charge on any atom is -0.462 e. The zero-order chi connectivity index (χ0) is 76.0. The van der Waals surface area contributed by atoms with E-state index >= 15 is 0 Å². The fraction of sp³-hybridized carbons (Fsp3) is 0.647. The average Bonchev–Trinajstić information content (AvgIpc) is 0.918. The van der Waals surface area contributed by atoms with Crippen molar-refractivity contribution < 1.29 is 80.2 Å². The average molecular weight is 1500 g/mol. The van der Waals surface area contributed by atoms with Crippen LogP contribution >= 0.6 is 15.6 Å². The predicted molar refractivity (Wildman–Crippen MR) is 427 cm³/mol. The van der Waals surface area contributed by atoms with Crippen molar-refractivity contribution >= 4 is 39.5 Å². The molecule has 3 N–H and O–H groups in total. The maximum atomic E-state index is 13.1. The summed E-state index contributed by atoms with van der Waals surface area (Å²) in [6.45, 7) is 4.40. The summed E-state index contributed by atoms with van der Waals surface area (Å²) in [5.74, 6) is -2.30. The molecular weight excluding hydrogens is 1350 g/mol. The number of unbranched alkanes of at least 4 members (excludes halogenated alkanes) is 21. The van der Waals surface area contributed by atoms with Gasteiger partial charge in [-0.25, -0.2) is 9.13 Å². The molecule has 0 radical (unpaired) electrons. The van der Waals surface area contributed by atoms with Gasteiger partial charge in [0.15, 0.2) is 12.2 Å². The lowest BCUT2D eigenvalue weighted by molar-refractivity contribution is -0.161. The van der Waals surface area contributed by atoms with Crippen molar-refractivity contribution in [3.8, 4) is 0 Å². The van der Waals surface area contributed by atoms with E-state index in [1.807, 2.05) is 0 Å². The third-order valence-corrected chi connectivity index (χ3v) is 17.9. The Balaban J connectivity index is 5.45. The molecule has 0 amide bonds. The monoisotopic (exact) mass is 1490 g/mol. The first-order chi connectivity index (χ1) is 50.7. The smallest absolute Gasteiger partial charge is 0.462 e. The van der Waals surface area contributed by atoms with Gasteiger partial charge in [-0.15, -0.1) is 0 Å². The van der Waals surface area contributed by atoms with Crippen molar-refractivity contribution in [2.45, 2.75) is 316 Å². The lowest BCUT2D eigenvalue weighted by Crippen LogP contribution is -2.30. The molecule has 104 heavy (non-hydrogen) atoms. The Morgan fingerprint density at radius 2 is 0.500 bits per heavy atom. The van der Waals surface area contributed by atoms with Gasteiger partial charge in [-0.1, -0.05) is 263 Å². The minimum absolute atomic E-state index is 0.0282. The molecule has 592 valence electrons. The summed E-state index contributed by atoms with van der Waals surface area (Å²) in [6, 6.07) is 0. The molecule has 0 aliphatic carbocycles. The molecular formula is C85H140O17P2. The number of aliphatic hydroxyl groups excluding tert-OH is 1. The molecule has 19 heteroatoms. The van der Waals surface area contributed by atoms with Crippen molar-refractivity contribution in [3.63, 3.8) is 0 Å². The number of allylic oxidation sites excluding steroid dienone is 26. The Morgan fingerprint density at radius 3 is 0.798 bits per heavy atom. The third-order valence-electron chi connectivity index (χ3n) is 16.0. The highest BCUT2D eigenvalue weighted by molar-refractivity contribution is 7.47. The van der Waals surface area contributed by atoms with Crippen molar-refractivity contribution in [3.05, 3.63) is 158 Å². The van der Waals surface area contributed by atoms with Crippen molar-refractivity contribution in [1.82, 2.24) is 0 Å². The Labute approximate surface area is 629 Å². The zero-order valence-electron chi connectivity index (χ0n) is 64.6. The van der Waals surface area contributed by atoms with E-state index in [-0.39, 0.29) is 25.7 Å². The van der Waals surface area contributed by atoms with Crippen molar-refractivity contribution in [1.29, 1.82) is 0 Å². The molecule has 0 saturated carbocycles. The van der Waals surface area contributed by atoms with Crippen LogP contribution < -0.4 is 0 Å². The number of phosphoric acid groups is 2. The van der Waals surface area contributed by atoms with E-state index in [1.165, 1.54) is 38.5 Å². The number of hydrogen-bond donors (Lipinski definition) is 3. The molecule has 0 heterocycles. The van der Waals surface area contributed by atoms with Gasteiger partial charge in [-0.05, 0) is 167 Å². The molecule has 0 aromatic carbocycles. The van der Waals surface area contributed by atoms with Crippen LogP contribution in [0.2, 0.25) is 0 Å². The van der Waals surface area contributed by atoms with Gasteiger partial charge in [0.05, 0.1) is 26.4 Å². The second-order valence-corrected chi connectivity index (χ2v) is 28.8. The number of aliphatic hydroxyl groups is 1. The van der Waals surface area contributed by atoms with E-state index in [9.17, 15) is 43.2 Å². The number of hydrogen-bond acceptors (Lipinski definition) is 15. The first kappa shape index (κ1) is 98.7. The number of ether oxygens (including phenoxy) is 4. The summed E-state index contributed by atoms with van der Waals surface area (Å²) >= 11 is 0. The van der Waals surface area contributed by atoms with Gasteiger partial charge in [0.25, 0.3) is 0 Å². The van der Waals surface area contributed by atoms with E-state index < -0.39 is 97.5 Å². The number of esters is 4. The molecule has 0 spiro atoms. The molecule has 0 fully saturated rings. The van der Waals surface area contributed by atoms with E-state index in [1.54, 1.807) is 0 Å². The van der Waals surface area contributed by atoms with Crippen LogP contribution in [0.4, 0.5) is 0 Å². The highest BCUT2D eigenvalue weighted by Crippen LogP contribution is 2.45. The normalized spacial score (nSPS) is 14.7. The standard InChI is InChI=1S/C85H140O17P2/c1-5-9-13-17-21-25-29-33-37-38-39-40-44-46-50-54-58-62-66-70-83(88)96-76-81(102-85(90)72-68-64-60-56-52-48-43-36-32-28-24-20-16-12-8-4)78-100-104(93,94)98-74-79(86)73-97-103(91,92)99-77-80(101-84(89)71-67-63-59-55-51-47-42-35-31-27-23-19-15-11-7-3)75-95-82(87)69-65-61-57-53-49-45-41-34-30-26-22-18-14-10-6-2/h9-11,13-15,21-23,25-27,33-37,39-43,49,51,53,55,79-81,86H,5-8,12,16-20,24,28-32,38,44-48,50,52,54,56-78H2,1-4H3,(H,91,92)(H,93,94)/b13-9-,14-10-,15-11-,25-21-,26-22-,27-23-,37-33-,40-39-,41-34-,42-35-,43-36-,53-49-,55-51-. The van der Waals surface area contributed by atoms with Crippen LogP contribution in [-0.4, -0.2) is 96.7 Å². The molecule has 0 aliphatic heterocycles. The fourth-order valence-corrected chi connectivity index (χ4v) is 11.6. The SMILES string of the molecule is CC/C=C\C/C=C\C/C=C\C/C=C\CCCCCCCCC(=O)OCC(COP(=O)(O)OCC(O)COP(=O)(O)OCC(COC(=O)CCCC/C=C\C/C=C\C/C=C\C/C=C\CC)OC(=O)CCCC/C=C\C/C=C\C/C=C\C/C=C\CC)OC(=O)CCCCCCC/C=C\CCCCCCCC. The van der Waals surface area contributed by atoms with Crippen LogP contribution in [0, 0.1) is 0 Å². The van der Waals surface area contributed by atoms with Crippen LogP contribution in [-0.2, 0) is 65.4 Å². The van der Waals surface area contributed by atoms with Crippen LogP contribution in [0.1, 0.15) is 297 Å². The van der Waals surface area contributed by atoms with Crippen LogP contribution in [0.5, 0.6) is 0 Å². The quantitative estimate of drug-likeness (QED) is 0.0169. The summed E-state index contributed by atoms with van der Waals surface area (Å²) in [6.07, 6.45) is 88.0. The van der Waals surface area contributed by atoms with Crippen molar-refractivity contribution in [2.24, 2.45) is 0 Å². The number of rotatable bonds is 73. The van der Waals surface area contributed by atoms with Gasteiger partial charge in [0.1, 0.15) is 19.3 Å². The Morgan fingerprint density at radius 1 is 0.279 bits per heavy atom. The van der Waals surface area contributed by atoms with Gasteiger partial charge in [-0.3, -0.25) is 37.3 Å². The van der Waals surface area contributed by atoms with Gasteiger partial charge < -0.3 is 33.8 Å². The maximum Gasteiger partial charge on any atom is 0.472 e. The van der Waals surface area contributed by atoms with E-state index in [2.05, 4.69) is 186 Å². The van der Waals surface area contributed by atoms with Crippen molar-refractivity contribution in [2.75, 3.05) is 39.6 Å². The molecule has 0 aliphatic rings. The molecule has 5 atom stereocenters. The highest BCUT2D eigenvalue weighted by Gasteiger charge is 2.30. The summed E-state index contributed by atoms with van der Waals surface area (Å²) in [5, 5.41) is 10.6. The van der Waals surface area contributed by atoms with Gasteiger partial charge >= 0.3 is 39.5 Å². The number of phosphoric ester groups is 2. The first-order valence-electron chi connectivity index (χ1n) is 39.7. The van der Waals surface area contributed by atoms with E-state index in [0.717, 1.165) is 173 Å². The lowest BCUT2D eigenvalue weighted by atomic mass is 10.1. The lowest BCUT2D eigenvalue weighted by Gasteiger charge is -2.21. The molecule has 0 aromatic heterocycles. The van der Waals surface area contributed by atoms with Crippen LogP contribution in [0.3, 0.4) is 0 Å². The summed E-state index contributed by atoms with van der Waals surface area (Å²) in [5.41, 5.74) is 0. The first-order valence-corrected chi connectivity index (χ1v) is 42.7. The molecule has 0 rings (SSSR count). The largest absolute Gasteiger partial charge is 0.472 e. The molecule has 17 nitrogen and oxygen atoms in total. The molecule has 5 unspecified atom stereocenters.